The zero-order valence-corrected chi connectivity index (χ0v) is 21.2. The van der Waals surface area contributed by atoms with E-state index in [9.17, 15) is 18.0 Å². The van der Waals surface area contributed by atoms with E-state index >= 15 is 0 Å². The van der Waals surface area contributed by atoms with Crippen molar-refractivity contribution in [2.45, 2.75) is 38.5 Å². The van der Waals surface area contributed by atoms with Crippen LogP contribution in [-0.4, -0.2) is 61.3 Å². The van der Waals surface area contributed by atoms with Crippen LogP contribution < -0.4 is 15.4 Å². The molecular formula is C28H31F3N4O2. The number of fused-ring (bicyclic) bond motifs is 1. The monoisotopic (exact) mass is 512 g/mol. The molecule has 2 heterocycles. The summed E-state index contributed by atoms with van der Waals surface area (Å²) in [5.74, 6) is 6.27. The third kappa shape index (κ3) is 6.57. The number of Topliss-reactive ketones (excluding diaryl/α,β-unsaturated/α-hetero) is 1. The van der Waals surface area contributed by atoms with Gasteiger partial charge in [0.15, 0.2) is 5.78 Å². The van der Waals surface area contributed by atoms with Crippen molar-refractivity contribution in [3.8, 4) is 17.6 Å². The van der Waals surface area contributed by atoms with E-state index in [1.54, 1.807) is 36.4 Å². The van der Waals surface area contributed by atoms with Crippen LogP contribution in [0.4, 0.5) is 24.5 Å². The molecule has 1 aliphatic heterocycles. The van der Waals surface area contributed by atoms with Crippen LogP contribution in [0.2, 0.25) is 0 Å². The zero-order chi connectivity index (χ0) is 26.6. The Morgan fingerprint density at radius 2 is 1.89 bits per heavy atom. The fourth-order valence-corrected chi connectivity index (χ4v) is 4.57. The lowest BCUT2D eigenvalue weighted by Crippen LogP contribution is -2.36. The summed E-state index contributed by atoms with van der Waals surface area (Å²) in [5, 5.41) is 7.38. The first-order valence-corrected chi connectivity index (χ1v) is 12.2. The van der Waals surface area contributed by atoms with Gasteiger partial charge in [-0.05, 0) is 82.2 Å². The van der Waals surface area contributed by atoms with E-state index in [-0.39, 0.29) is 18.4 Å². The Bertz CT molecular complexity index is 1330. The van der Waals surface area contributed by atoms with Crippen LogP contribution in [-0.2, 0) is 6.54 Å². The van der Waals surface area contributed by atoms with E-state index in [1.807, 2.05) is 6.07 Å². The number of ketones is 1. The summed E-state index contributed by atoms with van der Waals surface area (Å²) < 4.78 is 47.0. The van der Waals surface area contributed by atoms with Gasteiger partial charge in [0.25, 0.3) is 0 Å². The number of hydrogen-bond acceptors (Lipinski definition) is 5. The number of likely N-dealkylation sites (tertiary alicyclic amines) is 1. The van der Waals surface area contributed by atoms with Crippen molar-refractivity contribution in [2.24, 2.45) is 0 Å². The maximum absolute atomic E-state index is 13.5. The van der Waals surface area contributed by atoms with Crippen molar-refractivity contribution >= 4 is 28.1 Å². The van der Waals surface area contributed by atoms with Gasteiger partial charge in [-0.25, -0.2) is 0 Å². The van der Waals surface area contributed by atoms with Gasteiger partial charge < -0.3 is 24.8 Å². The molecular weight excluding hydrogens is 481 g/mol. The van der Waals surface area contributed by atoms with Gasteiger partial charge in [0.05, 0.1) is 30.6 Å². The number of anilines is 2. The van der Waals surface area contributed by atoms with E-state index in [2.05, 4.69) is 34.4 Å². The number of benzene rings is 2. The number of methoxy groups -OCH3 is 1. The molecule has 1 aliphatic rings. The van der Waals surface area contributed by atoms with Crippen molar-refractivity contribution in [3.63, 3.8) is 0 Å². The molecule has 0 atom stereocenters. The Morgan fingerprint density at radius 3 is 2.57 bits per heavy atom. The van der Waals surface area contributed by atoms with Gasteiger partial charge in [0.2, 0.25) is 0 Å². The van der Waals surface area contributed by atoms with Crippen molar-refractivity contribution < 1.29 is 22.7 Å². The SMILES string of the molecule is COc1cc(C(C)=O)ccc1NCC#Cc1cc2c(NC3CCN(C)CC3)cccc2n1CC(F)(F)F. The molecule has 2 aromatic carbocycles. The highest BCUT2D eigenvalue weighted by atomic mass is 19.4. The number of alkyl halides is 3. The second-order valence-corrected chi connectivity index (χ2v) is 9.32. The molecule has 6 nitrogen and oxygen atoms in total. The van der Waals surface area contributed by atoms with E-state index in [1.165, 1.54) is 18.6 Å². The molecule has 0 spiro atoms. The predicted octanol–water partition coefficient (Wildman–Crippen LogP) is 5.38. The number of ether oxygens (including phenoxy) is 1. The molecule has 0 bridgehead atoms. The molecule has 4 rings (SSSR count). The quantitative estimate of drug-likeness (QED) is 0.329. The average molecular weight is 513 g/mol. The highest BCUT2D eigenvalue weighted by molar-refractivity contribution is 5.95. The van der Waals surface area contributed by atoms with Gasteiger partial charge in [-0.15, -0.1) is 0 Å². The molecule has 2 N–H and O–H groups in total. The topological polar surface area (TPSA) is 58.5 Å². The number of hydrogen-bond donors (Lipinski definition) is 2. The minimum absolute atomic E-state index is 0.0770. The standard InChI is InChI=1S/C28H31F3N4O2/c1-19(36)20-9-10-25(27(16-20)37-3)32-13-5-6-22-17-23-24(33-21-11-14-34(2)15-12-21)7-4-8-26(23)35(22)18-28(29,30)31/h4,7-10,16-17,21,32-33H,11-15,18H2,1-3H3. The molecule has 1 fully saturated rings. The van der Waals surface area contributed by atoms with Gasteiger partial charge in [0, 0.05) is 22.7 Å². The van der Waals surface area contributed by atoms with Crippen LogP contribution >= 0.6 is 0 Å². The summed E-state index contributed by atoms with van der Waals surface area (Å²) in [4.78, 5) is 13.9. The Balaban J connectivity index is 1.59. The highest BCUT2D eigenvalue weighted by Crippen LogP contribution is 2.31. The summed E-state index contributed by atoms with van der Waals surface area (Å²) in [6.07, 6.45) is -2.43. The fraction of sp³-hybridized carbons (Fsp3) is 0.393. The van der Waals surface area contributed by atoms with E-state index in [0.29, 0.717) is 28.2 Å². The van der Waals surface area contributed by atoms with Crippen LogP contribution in [0.3, 0.4) is 0 Å². The number of carbonyl (C=O) groups is 1. The number of piperidine rings is 1. The first-order valence-electron chi connectivity index (χ1n) is 12.2. The Labute approximate surface area is 214 Å². The summed E-state index contributed by atoms with van der Waals surface area (Å²) in [5.41, 5.74) is 2.78. The number of nitrogens with one attached hydrogen (secondary N) is 2. The minimum atomic E-state index is -4.39. The first kappa shape index (κ1) is 26.4. The van der Waals surface area contributed by atoms with Gasteiger partial charge in [-0.3, -0.25) is 4.79 Å². The molecule has 0 radical (unpaired) electrons. The van der Waals surface area contributed by atoms with Crippen molar-refractivity contribution in [3.05, 3.63) is 53.7 Å². The lowest BCUT2D eigenvalue weighted by atomic mass is 10.0. The van der Waals surface area contributed by atoms with Crippen LogP contribution in [0.25, 0.3) is 10.9 Å². The normalized spacial score (nSPS) is 14.8. The molecule has 0 unspecified atom stereocenters. The molecule has 9 heteroatoms. The van der Waals surface area contributed by atoms with Crippen molar-refractivity contribution in [2.75, 3.05) is 44.4 Å². The minimum Gasteiger partial charge on any atom is -0.495 e. The Kier molecular flexibility index (Phi) is 7.98. The molecule has 0 aliphatic carbocycles. The summed E-state index contributed by atoms with van der Waals surface area (Å²) >= 11 is 0. The predicted molar refractivity (Wildman–Crippen MR) is 141 cm³/mol. The number of halogens is 3. The molecule has 196 valence electrons. The van der Waals surface area contributed by atoms with E-state index in [0.717, 1.165) is 37.0 Å². The third-order valence-corrected chi connectivity index (χ3v) is 6.55. The molecule has 1 saturated heterocycles. The summed E-state index contributed by atoms with van der Waals surface area (Å²) in [7, 11) is 3.59. The number of aromatic nitrogens is 1. The van der Waals surface area contributed by atoms with E-state index in [4.69, 9.17) is 4.74 Å². The molecule has 0 amide bonds. The Hall–Kier alpha value is -3.64. The highest BCUT2D eigenvalue weighted by Gasteiger charge is 2.30. The van der Waals surface area contributed by atoms with E-state index < -0.39 is 12.7 Å². The lowest BCUT2D eigenvalue weighted by molar-refractivity contribution is -0.140. The van der Waals surface area contributed by atoms with Gasteiger partial charge in [-0.1, -0.05) is 12.0 Å². The van der Waals surface area contributed by atoms with Crippen LogP contribution in [0.1, 0.15) is 35.8 Å². The maximum Gasteiger partial charge on any atom is 0.406 e. The number of rotatable bonds is 7. The summed E-state index contributed by atoms with van der Waals surface area (Å²) in [6, 6.07) is 12.4. The van der Waals surface area contributed by atoms with Crippen molar-refractivity contribution in [1.82, 2.24) is 9.47 Å². The zero-order valence-electron chi connectivity index (χ0n) is 21.2. The molecule has 37 heavy (non-hydrogen) atoms. The Morgan fingerprint density at radius 1 is 1.14 bits per heavy atom. The molecule has 0 saturated carbocycles. The van der Waals surface area contributed by atoms with Crippen LogP contribution in [0, 0.1) is 11.8 Å². The molecule has 3 aromatic rings. The number of carbonyl (C=O) groups excluding carboxylic acids is 1. The number of nitrogens with zero attached hydrogens (tertiary/aromatic N) is 2. The molecule has 1 aromatic heterocycles. The maximum atomic E-state index is 13.5. The van der Waals surface area contributed by atoms with Gasteiger partial charge >= 0.3 is 6.18 Å². The summed E-state index contributed by atoms with van der Waals surface area (Å²) in [6.45, 7) is 2.50. The van der Waals surface area contributed by atoms with Crippen LogP contribution in [0.15, 0.2) is 42.5 Å². The second-order valence-electron chi connectivity index (χ2n) is 9.32. The van der Waals surface area contributed by atoms with Gasteiger partial charge in [-0.2, -0.15) is 13.2 Å². The van der Waals surface area contributed by atoms with Gasteiger partial charge in [0.1, 0.15) is 12.3 Å². The first-order chi connectivity index (χ1) is 17.6. The van der Waals surface area contributed by atoms with Crippen LogP contribution in [0.5, 0.6) is 5.75 Å². The largest absolute Gasteiger partial charge is 0.495 e. The average Bonchev–Trinajstić information content (AvgIpc) is 3.19. The fourth-order valence-electron chi connectivity index (χ4n) is 4.57. The second kappa shape index (κ2) is 11.2. The third-order valence-electron chi connectivity index (χ3n) is 6.55. The lowest BCUT2D eigenvalue weighted by Gasteiger charge is -2.30. The van der Waals surface area contributed by atoms with Crippen molar-refractivity contribution in [1.29, 1.82) is 0 Å². The smallest absolute Gasteiger partial charge is 0.406 e.